The Morgan fingerprint density at radius 1 is 1.40 bits per heavy atom. The zero-order chi connectivity index (χ0) is 10.7. The van der Waals surface area contributed by atoms with E-state index < -0.39 is 0 Å². The Hall–Kier alpha value is -1.68. The van der Waals surface area contributed by atoms with E-state index in [1.807, 2.05) is 0 Å². The van der Waals surface area contributed by atoms with Gasteiger partial charge in [0.2, 0.25) is 0 Å². The molecule has 1 aromatic carbocycles. The number of benzene rings is 1. The molecule has 5 heteroatoms. The number of para-hydroxylation sites is 1. The molecule has 0 saturated heterocycles. The molecule has 0 spiro atoms. The first-order valence-corrected chi connectivity index (χ1v) is 4.82. The van der Waals surface area contributed by atoms with Crippen LogP contribution in [0.3, 0.4) is 0 Å². The van der Waals surface area contributed by atoms with E-state index in [0.29, 0.717) is 17.3 Å². The molecule has 0 aliphatic carbocycles. The number of hydrogen-bond acceptors (Lipinski definition) is 4. The summed E-state index contributed by atoms with van der Waals surface area (Å²) in [6.45, 7) is 0.532. The molecule has 78 valence electrons. The molecule has 2 aromatic rings. The van der Waals surface area contributed by atoms with Crippen molar-refractivity contribution >= 4 is 23.0 Å². The van der Waals surface area contributed by atoms with Crippen LogP contribution in [0.5, 0.6) is 0 Å². The van der Waals surface area contributed by atoms with E-state index >= 15 is 0 Å². The van der Waals surface area contributed by atoms with Crippen molar-refractivity contribution in [3.8, 4) is 0 Å². The standard InChI is InChI=1S/C10H10ClN3O/c11-8-2-1-3-9(12)10(8)13-6-7-4-5-15-14-7/h1-5,13H,6,12H2. The molecule has 3 N–H and O–H groups in total. The maximum Gasteiger partial charge on any atom is 0.124 e. The van der Waals surface area contributed by atoms with Gasteiger partial charge in [-0.05, 0) is 12.1 Å². The third-order valence-electron chi connectivity index (χ3n) is 1.98. The third-order valence-corrected chi connectivity index (χ3v) is 2.30. The van der Waals surface area contributed by atoms with Gasteiger partial charge in [0.25, 0.3) is 0 Å². The van der Waals surface area contributed by atoms with Gasteiger partial charge < -0.3 is 15.6 Å². The highest BCUT2D eigenvalue weighted by Gasteiger charge is 2.04. The largest absolute Gasteiger partial charge is 0.397 e. The van der Waals surface area contributed by atoms with Gasteiger partial charge in [-0.2, -0.15) is 0 Å². The highest BCUT2D eigenvalue weighted by atomic mass is 35.5. The molecular weight excluding hydrogens is 214 g/mol. The molecule has 0 unspecified atom stereocenters. The molecule has 1 heterocycles. The monoisotopic (exact) mass is 223 g/mol. The normalized spacial score (nSPS) is 10.2. The molecule has 0 aliphatic rings. The maximum atomic E-state index is 5.98. The van der Waals surface area contributed by atoms with Crippen molar-refractivity contribution in [1.82, 2.24) is 5.16 Å². The Kier molecular flexibility index (Phi) is 2.78. The predicted octanol–water partition coefficient (Wildman–Crippen LogP) is 2.52. The van der Waals surface area contributed by atoms with E-state index in [-0.39, 0.29) is 0 Å². The number of nitrogens with zero attached hydrogens (tertiary/aromatic N) is 1. The second-order valence-corrected chi connectivity index (χ2v) is 3.46. The highest BCUT2D eigenvalue weighted by molar-refractivity contribution is 6.33. The van der Waals surface area contributed by atoms with Crippen molar-refractivity contribution in [3.63, 3.8) is 0 Å². The van der Waals surface area contributed by atoms with Crippen molar-refractivity contribution in [3.05, 3.63) is 41.2 Å². The van der Waals surface area contributed by atoms with Crippen LogP contribution in [0.4, 0.5) is 11.4 Å². The highest BCUT2D eigenvalue weighted by Crippen LogP contribution is 2.27. The van der Waals surface area contributed by atoms with E-state index in [9.17, 15) is 0 Å². The average Bonchev–Trinajstić information content (AvgIpc) is 2.70. The van der Waals surface area contributed by atoms with Crippen molar-refractivity contribution < 1.29 is 4.52 Å². The van der Waals surface area contributed by atoms with Crippen LogP contribution in [0.15, 0.2) is 35.1 Å². The summed E-state index contributed by atoms with van der Waals surface area (Å²) < 4.78 is 4.71. The summed E-state index contributed by atoms with van der Waals surface area (Å²) in [5.41, 5.74) is 7.91. The Labute approximate surface area is 92.0 Å². The van der Waals surface area contributed by atoms with Crippen LogP contribution in [0.1, 0.15) is 5.69 Å². The molecule has 0 fully saturated rings. The van der Waals surface area contributed by atoms with E-state index in [1.54, 1.807) is 24.3 Å². The number of anilines is 2. The molecule has 0 amide bonds. The van der Waals surface area contributed by atoms with Gasteiger partial charge in [-0.1, -0.05) is 22.8 Å². The van der Waals surface area contributed by atoms with E-state index in [4.69, 9.17) is 21.9 Å². The lowest BCUT2D eigenvalue weighted by Gasteiger charge is -2.09. The fourth-order valence-corrected chi connectivity index (χ4v) is 1.48. The summed E-state index contributed by atoms with van der Waals surface area (Å²) in [6.07, 6.45) is 1.52. The second kappa shape index (κ2) is 4.23. The summed E-state index contributed by atoms with van der Waals surface area (Å²) in [5.74, 6) is 0. The maximum absolute atomic E-state index is 5.98. The Balaban J connectivity index is 2.11. The topological polar surface area (TPSA) is 64.1 Å². The number of halogens is 1. The molecule has 0 atom stereocenters. The molecule has 0 saturated carbocycles. The van der Waals surface area contributed by atoms with Gasteiger partial charge in [-0.15, -0.1) is 0 Å². The minimum Gasteiger partial charge on any atom is -0.397 e. The summed E-state index contributed by atoms with van der Waals surface area (Å²) in [6, 6.07) is 7.15. The van der Waals surface area contributed by atoms with Crippen molar-refractivity contribution in [2.24, 2.45) is 0 Å². The summed E-state index contributed by atoms with van der Waals surface area (Å²) >= 11 is 5.98. The quantitative estimate of drug-likeness (QED) is 0.785. The van der Waals surface area contributed by atoms with Crippen LogP contribution >= 0.6 is 11.6 Å². The number of aromatic nitrogens is 1. The smallest absolute Gasteiger partial charge is 0.124 e. The second-order valence-electron chi connectivity index (χ2n) is 3.05. The number of rotatable bonds is 3. The average molecular weight is 224 g/mol. The van der Waals surface area contributed by atoms with Crippen LogP contribution in [0.2, 0.25) is 5.02 Å². The lowest BCUT2D eigenvalue weighted by molar-refractivity contribution is 0.412. The van der Waals surface area contributed by atoms with Gasteiger partial charge in [-0.25, -0.2) is 0 Å². The van der Waals surface area contributed by atoms with Crippen LogP contribution in [0, 0.1) is 0 Å². The zero-order valence-electron chi connectivity index (χ0n) is 7.90. The summed E-state index contributed by atoms with van der Waals surface area (Å²) in [7, 11) is 0. The van der Waals surface area contributed by atoms with Crippen molar-refractivity contribution in [2.45, 2.75) is 6.54 Å². The fraction of sp³-hybridized carbons (Fsp3) is 0.100. The van der Waals surface area contributed by atoms with Gasteiger partial charge in [0, 0.05) is 6.07 Å². The van der Waals surface area contributed by atoms with Gasteiger partial charge in [0.05, 0.1) is 22.9 Å². The van der Waals surface area contributed by atoms with Gasteiger partial charge in [0.15, 0.2) is 0 Å². The molecular formula is C10H10ClN3O. The van der Waals surface area contributed by atoms with Crippen LogP contribution in [-0.2, 0) is 6.54 Å². The van der Waals surface area contributed by atoms with Crippen LogP contribution in [-0.4, -0.2) is 5.16 Å². The Morgan fingerprint density at radius 3 is 2.93 bits per heavy atom. The number of nitrogens with one attached hydrogen (secondary N) is 1. The first-order valence-electron chi connectivity index (χ1n) is 4.44. The van der Waals surface area contributed by atoms with Crippen molar-refractivity contribution in [2.75, 3.05) is 11.1 Å². The number of hydrogen-bond donors (Lipinski definition) is 2. The van der Waals surface area contributed by atoms with Gasteiger partial charge in [0.1, 0.15) is 12.0 Å². The number of nitrogen functional groups attached to an aromatic ring is 1. The first kappa shape index (κ1) is 9.86. The fourth-order valence-electron chi connectivity index (χ4n) is 1.23. The predicted molar refractivity (Wildman–Crippen MR) is 59.7 cm³/mol. The van der Waals surface area contributed by atoms with Gasteiger partial charge in [-0.3, -0.25) is 0 Å². The van der Waals surface area contributed by atoms with Crippen LogP contribution < -0.4 is 11.1 Å². The van der Waals surface area contributed by atoms with E-state index in [2.05, 4.69) is 10.5 Å². The molecule has 0 bridgehead atoms. The minimum absolute atomic E-state index is 0.532. The molecule has 1 aromatic heterocycles. The Bertz CT molecular complexity index is 422. The molecule has 0 aliphatic heterocycles. The summed E-state index contributed by atoms with van der Waals surface area (Å²) in [4.78, 5) is 0. The van der Waals surface area contributed by atoms with Crippen LogP contribution in [0.25, 0.3) is 0 Å². The van der Waals surface area contributed by atoms with E-state index in [0.717, 1.165) is 11.4 Å². The van der Waals surface area contributed by atoms with Gasteiger partial charge >= 0.3 is 0 Å². The SMILES string of the molecule is Nc1cccc(Cl)c1NCc1ccon1. The Morgan fingerprint density at radius 2 is 2.27 bits per heavy atom. The molecule has 15 heavy (non-hydrogen) atoms. The lowest BCUT2D eigenvalue weighted by Crippen LogP contribution is -2.03. The molecule has 0 radical (unpaired) electrons. The number of nitrogens with two attached hydrogens (primary N) is 1. The summed E-state index contributed by atoms with van der Waals surface area (Å²) in [5, 5.41) is 7.47. The van der Waals surface area contributed by atoms with E-state index in [1.165, 1.54) is 6.26 Å². The molecule has 2 rings (SSSR count). The minimum atomic E-state index is 0.532. The molecule has 4 nitrogen and oxygen atoms in total. The van der Waals surface area contributed by atoms with Crippen molar-refractivity contribution in [1.29, 1.82) is 0 Å². The third kappa shape index (κ3) is 2.22. The lowest BCUT2D eigenvalue weighted by atomic mass is 10.2. The first-order chi connectivity index (χ1) is 7.27. The zero-order valence-corrected chi connectivity index (χ0v) is 8.66.